The second-order valence-electron chi connectivity index (χ2n) is 5.97. The average Bonchev–Trinajstić information content (AvgIpc) is 3.10. The summed E-state index contributed by atoms with van der Waals surface area (Å²) >= 11 is 5.39. The number of aliphatic imine (C=N–C) groups is 1. The number of anilines is 1. The summed E-state index contributed by atoms with van der Waals surface area (Å²) in [6, 6.07) is 12.9. The topological polar surface area (TPSA) is 24.4 Å². The number of fused-ring (bicyclic) bond motifs is 1. The van der Waals surface area contributed by atoms with Gasteiger partial charge in [-0.1, -0.05) is 52.7 Å². The molecule has 4 heteroatoms. The molecule has 4 rings (SSSR count). The highest BCUT2D eigenvalue weighted by Crippen LogP contribution is 2.41. The Labute approximate surface area is 137 Å². The van der Waals surface area contributed by atoms with E-state index in [1.165, 1.54) is 36.5 Å². The maximum Gasteiger partial charge on any atom is 0.161 e. The highest BCUT2D eigenvalue weighted by Gasteiger charge is 2.38. The van der Waals surface area contributed by atoms with Crippen molar-refractivity contribution < 1.29 is 0 Å². The van der Waals surface area contributed by atoms with Crippen LogP contribution >= 0.6 is 27.7 Å². The van der Waals surface area contributed by atoms with Crippen molar-refractivity contribution in [3.63, 3.8) is 0 Å². The summed E-state index contributed by atoms with van der Waals surface area (Å²) in [5.41, 5.74) is 1.38. The third-order valence-corrected chi connectivity index (χ3v) is 6.05. The fourth-order valence-corrected chi connectivity index (χ4v) is 4.84. The summed E-state index contributed by atoms with van der Waals surface area (Å²) < 4.78 is 1.12. The van der Waals surface area contributed by atoms with Gasteiger partial charge in [0.25, 0.3) is 0 Å². The summed E-state index contributed by atoms with van der Waals surface area (Å²) in [5, 5.41) is 7.10. The molecule has 1 spiro atoms. The number of halogens is 1. The van der Waals surface area contributed by atoms with Gasteiger partial charge in [0, 0.05) is 15.9 Å². The minimum absolute atomic E-state index is 0.245. The number of amidine groups is 1. The van der Waals surface area contributed by atoms with Crippen LogP contribution in [0.5, 0.6) is 0 Å². The first-order valence-corrected chi connectivity index (χ1v) is 9.19. The van der Waals surface area contributed by atoms with Crippen molar-refractivity contribution in [2.45, 2.75) is 31.2 Å². The fraction of sp³-hybridized carbons (Fsp3) is 0.353. The lowest BCUT2D eigenvalue weighted by molar-refractivity contribution is 0.508. The zero-order valence-corrected chi connectivity index (χ0v) is 14.1. The van der Waals surface area contributed by atoms with Crippen molar-refractivity contribution in [2.24, 2.45) is 4.99 Å². The molecular weight excluding hydrogens is 344 g/mol. The van der Waals surface area contributed by atoms with Crippen LogP contribution < -0.4 is 5.32 Å². The Morgan fingerprint density at radius 2 is 1.81 bits per heavy atom. The van der Waals surface area contributed by atoms with Gasteiger partial charge in [-0.15, -0.1) is 0 Å². The molecule has 2 aromatic rings. The SMILES string of the molecule is Brc1ccc2cc(NC3=NC4(CCCC4)CS3)ccc2c1. The molecule has 1 heterocycles. The molecule has 108 valence electrons. The van der Waals surface area contributed by atoms with Crippen LogP contribution in [0.15, 0.2) is 45.9 Å². The second kappa shape index (κ2) is 5.33. The zero-order chi connectivity index (χ0) is 14.3. The number of nitrogens with one attached hydrogen (secondary N) is 1. The Morgan fingerprint density at radius 3 is 2.67 bits per heavy atom. The Bertz CT molecular complexity index is 720. The van der Waals surface area contributed by atoms with Gasteiger partial charge in [-0.25, -0.2) is 0 Å². The molecule has 1 aliphatic heterocycles. The Balaban J connectivity index is 1.58. The van der Waals surface area contributed by atoms with Gasteiger partial charge in [0.1, 0.15) is 0 Å². The minimum atomic E-state index is 0.245. The first kappa shape index (κ1) is 13.6. The lowest BCUT2D eigenvalue weighted by Gasteiger charge is -2.16. The van der Waals surface area contributed by atoms with Gasteiger partial charge in [0.05, 0.1) is 5.54 Å². The van der Waals surface area contributed by atoms with Crippen LogP contribution in [0.3, 0.4) is 0 Å². The first-order chi connectivity index (χ1) is 10.2. The van der Waals surface area contributed by atoms with Crippen molar-refractivity contribution in [1.29, 1.82) is 0 Å². The summed E-state index contributed by atoms with van der Waals surface area (Å²) in [7, 11) is 0. The lowest BCUT2D eigenvalue weighted by Crippen LogP contribution is -2.21. The largest absolute Gasteiger partial charge is 0.335 e. The van der Waals surface area contributed by atoms with Crippen LogP contribution in [0.2, 0.25) is 0 Å². The summed E-state index contributed by atoms with van der Waals surface area (Å²) in [6.07, 6.45) is 5.19. The van der Waals surface area contributed by atoms with Gasteiger partial charge in [0.2, 0.25) is 0 Å². The summed E-state index contributed by atoms with van der Waals surface area (Å²) in [6.45, 7) is 0. The Morgan fingerprint density at radius 1 is 1.05 bits per heavy atom. The second-order valence-corrected chi connectivity index (χ2v) is 7.85. The van der Waals surface area contributed by atoms with Gasteiger partial charge in [0.15, 0.2) is 5.17 Å². The highest BCUT2D eigenvalue weighted by molar-refractivity contribution is 9.10. The summed E-state index contributed by atoms with van der Waals surface area (Å²) in [4.78, 5) is 4.97. The summed E-state index contributed by atoms with van der Waals surface area (Å²) in [5.74, 6) is 1.15. The molecule has 0 saturated heterocycles. The predicted octanol–water partition coefficient (Wildman–Crippen LogP) is 5.43. The predicted molar refractivity (Wildman–Crippen MR) is 96.4 cm³/mol. The maximum absolute atomic E-state index is 4.97. The molecule has 0 amide bonds. The standard InChI is InChI=1S/C17H17BrN2S/c18-14-5-3-13-10-15(6-4-12(13)9-14)19-16-20-17(11-21-16)7-1-2-8-17/h3-6,9-10H,1-2,7-8,11H2,(H,19,20). The van der Waals surface area contributed by atoms with E-state index in [1.54, 1.807) is 0 Å². The normalized spacial score (nSPS) is 20.1. The van der Waals surface area contributed by atoms with E-state index in [9.17, 15) is 0 Å². The lowest BCUT2D eigenvalue weighted by atomic mass is 10.0. The molecule has 0 bridgehead atoms. The number of hydrogen-bond donors (Lipinski definition) is 1. The highest BCUT2D eigenvalue weighted by atomic mass is 79.9. The van der Waals surface area contributed by atoms with E-state index in [2.05, 4.69) is 57.6 Å². The smallest absolute Gasteiger partial charge is 0.161 e. The van der Waals surface area contributed by atoms with Crippen LogP contribution in [0.25, 0.3) is 10.8 Å². The van der Waals surface area contributed by atoms with Gasteiger partial charge in [-0.2, -0.15) is 0 Å². The van der Waals surface area contributed by atoms with Gasteiger partial charge < -0.3 is 5.32 Å². The molecule has 0 atom stereocenters. The number of rotatable bonds is 1. The van der Waals surface area contributed by atoms with Crippen LogP contribution in [0, 0.1) is 0 Å². The molecule has 1 fully saturated rings. The van der Waals surface area contributed by atoms with Crippen molar-refractivity contribution >= 4 is 49.3 Å². The van der Waals surface area contributed by atoms with Gasteiger partial charge in [-0.05, 0) is 47.9 Å². The molecule has 1 N–H and O–H groups in total. The third kappa shape index (κ3) is 2.71. The monoisotopic (exact) mass is 360 g/mol. The molecule has 2 aliphatic rings. The number of hydrogen-bond acceptors (Lipinski definition) is 3. The molecule has 2 nitrogen and oxygen atoms in total. The molecule has 0 aromatic heterocycles. The minimum Gasteiger partial charge on any atom is -0.335 e. The molecule has 1 aliphatic carbocycles. The Hall–Kier alpha value is -1.00. The van der Waals surface area contributed by atoms with E-state index in [-0.39, 0.29) is 5.54 Å². The quantitative estimate of drug-likeness (QED) is 0.732. The Kier molecular flexibility index (Phi) is 3.46. The van der Waals surface area contributed by atoms with Crippen LogP contribution in [0.1, 0.15) is 25.7 Å². The van der Waals surface area contributed by atoms with E-state index in [1.807, 2.05) is 11.8 Å². The van der Waals surface area contributed by atoms with Crippen molar-refractivity contribution in [3.05, 3.63) is 40.9 Å². The van der Waals surface area contributed by atoms with Crippen LogP contribution in [-0.4, -0.2) is 16.5 Å². The van der Waals surface area contributed by atoms with E-state index >= 15 is 0 Å². The van der Waals surface area contributed by atoms with E-state index in [4.69, 9.17) is 4.99 Å². The molecule has 1 saturated carbocycles. The first-order valence-electron chi connectivity index (χ1n) is 7.42. The van der Waals surface area contributed by atoms with Crippen molar-refractivity contribution in [2.75, 3.05) is 11.1 Å². The number of thioether (sulfide) groups is 1. The average molecular weight is 361 g/mol. The number of benzene rings is 2. The van der Waals surface area contributed by atoms with Gasteiger partial charge in [-0.3, -0.25) is 4.99 Å². The van der Waals surface area contributed by atoms with Crippen LogP contribution in [-0.2, 0) is 0 Å². The van der Waals surface area contributed by atoms with E-state index < -0.39 is 0 Å². The van der Waals surface area contributed by atoms with Gasteiger partial charge >= 0.3 is 0 Å². The van der Waals surface area contributed by atoms with Crippen molar-refractivity contribution in [1.82, 2.24) is 0 Å². The number of nitrogens with zero attached hydrogens (tertiary/aromatic N) is 1. The molecule has 21 heavy (non-hydrogen) atoms. The fourth-order valence-electron chi connectivity index (χ4n) is 3.25. The zero-order valence-electron chi connectivity index (χ0n) is 11.7. The van der Waals surface area contributed by atoms with Crippen LogP contribution in [0.4, 0.5) is 5.69 Å². The molecular formula is C17H17BrN2S. The molecule has 0 unspecified atom stereocenters. The van der Waals surface area contributed by atoms with E-state index in [0.717, 1.165) is 21.1 Å². The third-order valence-electron chi connectivity index (χ3n) is 4.40. The van der Waals surface area contributed by atoms with Crippen molar-refractivity contribution in [3.8, 4) is 0 Å². The maximum atomic E-state index is 4.97. The molecule has 0 radical (unpaired) electrons. The molecule has 2 aromatic carbocycles. The van der Waals surface area contributed by atoms with E-state index in [0.29, 0.717) is 0 Å².